The molecule has 22 heteroatoms. The van der Waals surface area contributed by atoms with Crippen molar-refractivity contribution >= 4 is 67.6 Å². The molecule has 1 amide bonds. The second-order valence-electron chi connectivity index (χ2n) is 21.6. The van der Waals surface area contributed by atoms with Crippen molar-refractivity contribution in [3.63, 3.8) is 0 Å². The van der Waals surface area contributed by atoms with E-state index in [9.17, 15) is 54.9 Å². The molecule has 5 aromatic rings. The average Bonchev–Trinajstić information content (AvgIpc) is 2.93. The first kappa shape index (κ1) is 62.8. The molecule has 85 heavy (non-hydrogen) atoms. The van der Waals surface area contributed by atoms with Crippen molar-refractivity contribution in [2.24, 2.45) is 0 Å². The molecule has 1 saturated heterocycles. The second-order valence-corrected chi connectivity index (χ2v) is 21.6. The zero-order valence-corrected chi connectivity index (χ0v) is 50.1. The van der Waals surface area contributed by atoms with E-state index in [1.807, 2.05) is 26.0 Å². The predicted molar refractivity (Wildman–Crippen MR) is 308 cm³/mol. The predicted octanol–water partition coefficient (Wildman–Crippen LogP) is 6.05. The van der Waals surface area contributed by atoms with Gasteiger partial charge in [0, 0.05) is 95.2 Å². The normalized spacial score (nSPS) is 20.7. The van der Waals surface area contributed by atoms with E-state index in [0.29, 0.717) is 53.8 Å². The number of hydrogen-bond acceptors (Lipinski definition) is 19. The van der Waals surface area contributed by atoms with Crippen molar-refractivity contribution < 1.29 is 114 Å². The summed E-state index contributed by atoms with van der Waals surface area (Å²) in [6.45, 7) is 8.03. The summed E-state index contributed by atoms with van der Waals surface area (Å²) in [4.78, 5) is 80.2. The largest absolute Gasteiger partial charge is 0.657 e. The van der Waals surface area contributed by atoms with Gasteiger partial charge in [-0.2, -0.15) is 0 Å². The van der Waals surface area contributed by atoms with Gasteiger partial charge in [0.15, 0.2) is 24.5 Å². The van der Waals surface area contributed by atoms with Crippen LogP contribution >= 0.6 is 0 Å². The van der Waals surface area contributed by atoms with Gasteiger partial charge >= 0.3 is 0 Å². The summed E-state index contributed by atoms with van der Waals surface area (Å²) in [5.41, 5.74) is 6.79. The van der Waals surface area contributed by atoms with E-state index in [1.165, 1.54) is 32.2 Å². The fourth-order valence-corrected chi connectivity index (χ4v) is 12.1. The van der Waals surface area contributed by atoms with E-state index in [-0.39, 0.29) is 93.3 Å². The van der Waals surface area contributed by atoms with E-state index >= 15 is 0 Å². The molecule has 448 valence electrons. The molecule has 6 bridgehead atoms. The number of nitrogens with one attached hydrogen (secondary N) is 1. The van der Waals surface area contributed by atoms with E-state index in [0.717, 1.165) is 63.0 Å². The van der Waals surface area contributed by atoms with Crippen LogP contribution in [0.1, 0.15) is 156 Å². The van der Waals surface area contributed by atoms with Crippen LogP contribution in [-0.4, -0.2) is 143 Å². The number of aromatic nitrogens is 5. The maximum atomic E-state index is 14.2. The van der Waals surface area contributed by atoms with Gasteiger partial charge in [0.1, 0.15) is 41.3 Å². The third kappa shape index (κ3) is 12.0. The quantitative estimate of drug-likeness (QED) is 0.0482. The minimum Gasteiger partial charge on any atom is -0.657 e. The number of phenolic OH excluding ortho intramolecular Hbond substituents is 2. The van der Waals surface area contributed by atoms with Crippen molar-refractivity contribution in [1.82, 2.24) is 30.2 Å². The van der Waals surface area contributed by atoms with Gasteiger partial charge in [-0.15, -0.1) is 11.0 Å². The fourth-order valence-electron chi connectivity index (χ4n) is 12.1. The number of rotatable bonds is 17. The Morgan fingerprint density at radius 1 is 0.812 bits per heavy atom. The van der Waals surface area contributed by atoms with Gasteiger partial charge in [-0.25, -0.2) is 9.97 Å². The van der Waals surface area contributed by atoms with E-state index < -0.39 is 108 Å². The molecule has 0 radical (unpaired) electrons. The molecule has 6 unspecified atom stereocenters. The molecule has 8 N–H and O–H groups in total. The Morgan fingerprint density at radius 3 is 2.01 bits per heavy atom. The van der Waals surface area contributed by atoms with Crippen molar-refractivity contribution in [2.75, 3.05) is 33.5 Å². The van der Waals surface area contributed by atoms with Crippen LogP contribution in [0.4, 0.5) is 0 Å². The summed E-state index contributed by atoms with van der Waals surface area (Å²) in [6.07, 6.45) is 0.309. The molecule has 3 aromatic carbocycles. The molecule has 5 aliphatic rings. The van der Waals surface area contributed by atoms with Crippen molar-refractivity contribution in [2.45, 2.75) is 129 Å². The average molecular weight is 1310 g/mol. The number of fused-ring (bicyclic) bond motifs is 10. The van der Waals surface area contributed by atoms with Crippen molar-refractivity contribution in [1.29, 1.82) is 0 Å². The molecule has 2 aromatic heterocycles. The van der Waals surface area contributed by atoms with Gasteiger partial charge in [-0.05, 0) is 99.8 Å². The summed E-state index contributed by atoms with van der Waals surface area (Å²) in [6, 6.07) is 12.2. The molecule has 0 spiro atoms. The van der Waals surface area contributed by atoms with Gasteiger partial charge in [-0.3, -0.25) is 29.1 Å². The number of benzene rings is 3. The number of ether oxygens (including phenoxy) is 4. The third-order valence-electron chi connectivity index (χ3n) is 16.5. The first-order valence-electron chi connectivity index (χ1n) is 28.2. The second kappa shape index (κ2) is 26.1. The van der Waals surface area contributed by atoms with Gasteiger partial charge in [0.05, 0.1) is 88.3 Å². The molecule has 3 aliphatic heterocycles. The molecule has 6 atom stereocenters. The zero-order valence-electron chi connectivity index (χ0n) is 47.8. The number of hydrogen-bond donors (Lipinski definition) is 8. The van der Waals surface area contributed by atoms with Crippen LogP contribution < -0.4 is 19.8 Å². The Morgan fingerprint density at radius 2 is 1.42 bits per heavy atom. The number of phenols is 2. The number of allylic oxidation sites excluding steroid dienone is 4. The maximum Gasteiger partial charge on any atom is 0.258 e. The number of aliphatic hydroxyl groups is 5. The third-order valence-corrected chi connectivity index (χ3v) is 16.5. The van der Waals surface area contributed by atoms with Crippen LogP contribution in [-0.2, 0) is 38.3 Å². The van der Waals surface area contributed by atoms with Crippen molar-refractivity contribution in [3.05, 3.63) is 128 Å². The molecule has 21 nitrogen and oxygen atoms in total. The Balaban J connectivity index is 0.00000865. The number of ketones is 3. The molecule has 0 saturated carbocycles. The summed E-state index contributed by atoms with van der Waals surface area (Å²) < 4.78 is 23.9. The van der Waals surface area contributed by atoms with Crippen molar-refractivity contribution in [3.8, 4) is 23.0 Å². The standard InChI is InChI=1S/C63H68N6O15.Gd/c1-7-34-35(8-2)42-22-44-37(14-11-19-71)31(4)48(68-44)27-65-45-20-33(16-17-40(45)64-26-47-30(3)36(13-10-18-70)43(67-47)21-41(34)66-42)82-29-52(74)69-46-23-53(83-32(5)58(46)75)84-50-25-63(80,51(73)28-72)24-39-55(50)62(79)57-56(60(39)77)59(76)38-12-9-15-49(81-6)54(38)61(57)78;/h9,12,15-17,20-22,26-27,32,46,50,53,58,70-72,75,80H,7-8,10-11,13-14,18-19,23-25,28-29H2,1-6H3,(H4,64,65,66,67,68,69,74,76,77,78,79);/p-1. The number of carbonyl (C=O) groups excluding carboxylic acids is 4. The van der Waals surface area contributed by atoms with E-state index in [1.54, 1.807) is 30.6 Å². The van der Waals surface area contributed by atoms with Crippen LogP contribution in [0.25, 0.3) is 44.4 Å². The molecule has 2 aliphatic carbocycles. The van der Waals surface area contributed by atoms with Crippen LogP contribution in [0.15, 0.2) is 60.9 Å². The van der Waals surface area contributed by atoms with Crippen LogP contribution in [0, 0.1) is 39.9 Å². The topological polar surface area (TPSA) is 324 Å². The number of Topliss-reactive ketones (excluding diaryl/α,β-unsaturated/α-hetero) is 1. The first-order valence-corrected chi connectivity index (χ1v) is 28.2. The smallest absolute Gasteiger partial charge is 0.258 e. The maximum absolute atomic E-state index is 14.2. The minimum atomic E-state index is -2.40. The molecule has 1 fully saturated rings. The number of amides is 1. The number of nitrogens with zero attached hydrogens (tertiary/aromatic N) is 5. The number of methoxy groups -OCH3 is 1. The monoisotopic (exact) mass is 1310 g/mol. The van der Waals surface area contributed by atoms with Gasteiger partial charge in [0.25, 0.3) is 5.91 Å². The van der Waals surface area contributed by atoms with E-state index in [4.69, 9.17) is 43.9 Å². The summed E-state index contributed by atoms with van der Waals surface area (Å²) in [5, 5.41) is 79.5. The van der Waals surface area contributed by atoms with Gasteiger partial charge < -0.3 is 65.0 Å². The SMILES string of the molecule is CCc1c(CC)c2cc3nc(cnc4cc(OCC(=O)NC5CC(OC6CC(O)(C(=O)CO)Cc7c(O)c8c(c(O)c76)C(=O)c6c(OC)cccc6C8=O)OC(C)C5O)ccc4ncc4nc(cc1[n-]2)C(CCCO)=C4C)C(C)=C3CCCO.[Gd]. The summed E-state index contributed by atoms with van der Waals surface area (Å²) in [7, 11) is 1.30. The first-order chi connectivity index (χ1) is 40.4. The minimum absolute atomic E-state index is 0. The number of carbonyl (C=O) groups is 4. The van der Waals surface area contributed by atoms with Gasteiger partial charge in [-0.1, -0.05) is 49.2 Å². The zero-order chi connectivity index (χ0) is 59.9. The number of aliphatic hydroxyl groups excluding tert-OH is 4. The number of aryl methyl sites for hydroxylation is 2. The van der Waals surface area contributed by atoms with Crippen LogP contribution in [0.5, 0.6) is 23.0 Å². The van der Waals surface area contributed by atoms with Crippen LogP contribution in [0.2, 0.25) is 0 Å². The fraction of sp³-hybridized carbons (Fsp3) is 0.397. The molecule has 10 rings (SSSR count). The Bertz CT molecular complexity index is 3800. The van der Waals surface area contributed by atoms with E-state index in [2.05, 4.69) is 19.2 Å². The number of aromatic hydroxyl groups is 2. The Hall–Kier alpha value is -6.70. The Kier molecular flexibility index (Phi) is 19.3. The van der Waals surface area contributed by atoms with Gasteiger partial charge in [0.2, 0.25) is 5.78 Å². The van der Waals surface area contributed by atoms with Crippen LogP contribution in [0.3, 0.4) is 0 Å². The molecular formula is C63H67GdN6O15-. The Labute approximate surface area is 521 Å². The summed E-state index contributed by atoms with van der Waals surface area (Å²) >= 11 is 0. The molecule has 5 heterocycles. The molecular weight excluding hydrogens is 1240 g/mol. The summed E-state index contributed by atoms with van der Waals surface area (Å²) in [5.74, 6) is -4.63.